The summed E-state index contributed by atoms with van der Waals surface area (Å²) in [6, 6.07) is -0.288. The molecule has 0 spiro atoms. The largest absolute Gasteiger partial charge is 0.468 e. The third kappa shape index (κ3) is 3.14. The molecule has 0 bridgehead atoms. The van der Waals surface area contributed by atoms with Crippen LogP contribution < -0.4 is 5.32 Å². The van der Waals surface area contributed by atoms with Crippen molar-refractivity contribution in [1.82, 2.24) is 20.3 Å². The molecule has 6 nitrogen and oxygen atoms in total. The van der Waals surface area contributed by atoms with Crippen LogP contribution in [0, 0.1) is 0 Å². The quantitative estimate of drug-likeness (QED) is 0.642. The molecular weight excluding hydrogens is 184 g/mol. The van der Waals surface area contributed by atoms with Crippen molar-refractivity contribution in [2.75, 3.05) is 13.7 Å². The number of ether oxygens (including phenoxy) is 1. The average molecular weight is 198 g/mol. The summed E-state index contributed by atoms with van der Waals surface area (Å²) in [5.74, 6) is -0.261. The predicted molar refractivity (Wildman–Crippen MR) is 49.5 cm³/mol. The first kappa shape index (κ1) is 10.6. The molecule has 0 aromatic carbocycles. The van der Waals surface area contributed by atoms with E-state index in [0.29, 0.717) is 13.1 Å². The number of rotatable bonds is 5. The van der Waals surface area contributed by atoms with Crippen LogP contribution in [0.2, 0.25) is 0 Å². The molecule has 78 valence electrons. The van der Waals surface area contributed by atoms with Gasteiger partial charge in [0.2, 0.25) is 0 Å². The third-order valence-corrected chi connectivity index (χ3v) is 1.82. The molecule has 1 N–H and O–H groups in total. The summed E-state index contributed by atoms with van der Waals surface area (Å²) in [5.41, 5.74) is 0. The van der Waals surface area contributed by atoms with Crippen LogP contribution in [0.4, 0.5) is 0 Å². The Balaban J connectivity index is 2.18. The van der Waals surface area contributed by atoms with Crippen molar-refractivity contribution in [2.24, 2.45) is 0 Å². The standard InChI is InChI=1S/C8H14N4O2/c1-7(8(13)14-2)9-3-5-12-6-4-10-11-12/h4,6-7,9H,3,5H2,1-2H3. The monoisotopic (exact) mass is 198 g/mol. The Kier molecular flexibility index (Phi) is 4.06. The molecule has 1 rings (SSSR count). The predicted octanol–water partition coefficient (Wildman–Crippen LogP) is -0.571. The number of carbonyl (C=O) groups excluding carboxylic acids is 1. The molecule has 0 aliphatic carbocycles. The lowest BCUT2D eigenvalue weighted by molar-refractivity contribution is -0.142. The molecule has 1 atom stereocenters. The van der Waals surface area contributed by atoms with Gasteiger partial charge in [-0.1, -0.05) is 5.21 Å². The van der Waals surface area contributed by atoms with Crippen LogP contribution >= 0.6 is 0 Å². The van der Waals surface area contributed by atoms with Crippen molar-refractivity contribution >= 4 is 5.97 Å². The Bertz CT molecular complexity index is 273. The smallest absolute Gasteiger partial charge is 0.322 e. The SMILES string of the molecule is COC(=O)C(C)NCCn1ccnn1. The number of carbonyl (C=O) groups is 1. The van der Waals surface area contributed by atoms with Gasteiger partial charge in [0.1, 0.15) is 6.04 Å². The van der Waals surface area contributed by atoms with Crippen molar-refractivity contribution in [1.29, 1.82) is 0 Å². The minimum atomic E-state index is -0.288. The van der Waals surface area contributed by atoms with Crippen LogP contribution in [0.1, 0.15) is 6.92 Å². The Hall–Kier alpha value is -1.43. The van der Waals surface area contributed by atoms with Gasteiger partial charge in [-0.15, -0.1) is 5.10 Å². The molecule has 6 heteroatoms. The fourth-order valence-electron chi connectivity index (χ4n) is 1.01. The van der Waals surface area contributed by atoms with Crippen LogP contribution in [0.3, 0.4) is 0 Å². The summed E-state index contributed by atoms with van der Waals surface area (Å²) in [5, 5.41) is 10.5. The fraction of sp³-hybridized carbons (Fsp3) is 0.625. The molecule has 0 fully saturated rings. The van der Waals surface area contributed by atoms with Gasteiger partial charge in [0.05, 0.1) is 19.9 Å². The summed E-state index contributed by atoms with van der Waals surface area (Å²) >= 11 is 0. The molecule has 1 unspecified atom stereocenters. The molecule has 0 amide bonds. The average Bonchev–Trinajstić information content (AvgIpc) is 2.69. The van der Waals surface area contributed by atoms with Crippen molar-refractivity contribution < 1.29 is 9.53 Å². The zero-order valence-electron chi connectivity index (χ0n) is 8.30. The first-order valence-corrected chi connectivity index (χ1v) is 4.39. The number of hydrogen-bond acceptors (Lipinski definition) is 5. The first-order chi connectivity index (χ1) is 6.74. The molecule has 1 heterocycles. The lowest BCUT2D eigenvalue weighted by Gasteiger charge is -2.10. The molecular formula is C8H14N4O2. The lowest BCUT2D eigenvalue weighted by atomic mass is 10.3. The molecule has 0 aliphatic heterocycles. The zero-order valence-corrected chi connectivity index (χ0v) is 8.30. The Morgan fingerprint density at radius 1 is 1.71 bits per heavy atom. The van der Waals surface area contributed by atoms with Gasteiger partial charge in [0, 0.05) is 12.7 Å². The second-order valence-corrected chi connectivity index (χ2v) is 2.87. The number of esters is 1. The second kappa shape index (κ2) is 5.33. The van der Waals surface area contributed by atoms with E-state index < -0.39 is 0 Å². The number of nitrogens with one attached hydrogen (secondary N) is 1. The van der Waals surface area contributed by atoms with E-state index >= 15 is 0 Å². The Morgan fingerprint density at radius 2 is 2.50 bits per heavy atom. The van der Waals surface area contributed by atoms with Crippen LogP contribution in [-0.2, 0) is 16.1 Å². The van der Waals surface area contributed by atoms with E-state index in [1.54, 1.807) is 24.0 Å². The third-order valence-electron chi connectivity index (χ3n) is 1.82. The second-order valence-electron chi connectivity index (χ2n) is 2.87. The van der Waals surface area contributed by atoms with Gasteiger partial charge >= 0.3 is 5.97 Å². The molecule has 0 saturated heterocycles. The molecule has 0 radical (unpaired) electrons. The molecule has 0 aliphatic rings. The number of aromatic nitrogens is 3. The van der Waals surface area contributed by atoms with Crippen molar-refractivity contribution in [3.05, 3.63) is 12.4 Å². The van der Waals surface area contributed by atoms with Crippen LogP contribution in [-0.4, -0.2) is 40.7 Å². The van der Waals surface area contributed by atoms with Gasteiger partial charge in [0.25, 0.3) is 0 Å². The summed E-state index contributed by atoms with van der Waals surface area (Å²) in [4.78, 5) is 11.0. The van der Waals surface area contributed by atoms with Crippen LogP contribution in [0.15, 0.2) is 12.4 Å². The van der Waals surface area contributed by atoms with Crippen LogP contribution in [0.5, 0.6) is 0 Å². The maximum atomic E-state index is 11.0. The van der Waals surface area contributed by atoms with Gasteiger partial charge in [0.15, 0.2) is 0 Å². The highest BCUT2D eigenvalue weighted by Crippen LogP contribution is 1.86. The maximum Gasteiger partial charge on any atom is 0.322 e. The normalized spacial score (nSPS) is 12.4. The van der Waals surface area contributed by atoms with E-state index in [1.807, 2.05) is 0 Å². The topological polar surface area (TPSA) is 69.0 Å². The summed E-state index contributed by atoms with van der Waals surface area (Å²) in [6.07, 6.45) is 3.38. The van der Waals surface area contributed by atoms with E-state index in [0.717, 1.165) is 0 Å². The van der Waals surface area contributed by atoms with Crippen molar-refractivity contribution in [2.45, 2.75) is 19.5 Å². The number of hydrogen-bond donors (Lipinski definition) is 1. The highest BCUT2D eigenvalue weighted by Gasteiger charge is 2.10. The van der Waals surface area contributed by atoms with E-state index in [2.05, 4.69) is 20.4 Å². The fourth-order valence-corrected chi connectivity index (χ4v) is 1.01. The maximum absolute atomic E-state index is 11.0. The van der Waals surface area contributed by atoms with Gasteiger partial charge in [-0.3, -0.25) is 9.48 Å². The lowest BCUT2D eigenvalue weighted by Crippen LogP contribution is -2.36. The minimum Gasteiger partial charge on any atom is -0.468 e. The Labute approximate surface area is 82.2 Å². The summed E-state index contributed by atoms with van der Waals surface area (Å²) in [6.45, 7) is 3.09. The Morgan fingerprint density at radius 3 is 3.07 bits per heavy atom. The highest BCUT2D eigenvalue weighted by atomic mass is 16.5. The molecule has 1 aromatic heterocycles. The van der Waals surface area contributed by atoms with Crippen molar-refractivity contribution in [3.63, 3.8) is 0 Å². The summed E-state index contributed by atoms with van der Waals surface area (Å²) in [7, 11) is 1.37. The number of methoxy groups -OCH3 is 1. The van der Waals surface area contributed by atoms with E-state index in [9.17, 15) is 4.79 Å². The molecule has 0 saturated carbocycles. The highest BCUT2D eigenvalue weighted by molar-refractivity contribution is 5.74. The van der Waals surface area contributed by atoms with E-state index in [4.69, 9.17) is 0 Å². The van der Waals surface area contributed by atoms with Gasteiger partial charge in [-0.25, -0.2) is 0 Å². The van der Waals surface area contributed by atoms with Gasteiger partial charge in [-0.2, -0.15) is 0 Å². The van der Waals surface area contributed by atoms with Crippen LogP contribution in [0.25, 0.3) is 0 Å². The minimum absolute atomic E-state index is 0.261. The zero-order chi connectivity index (χ0) is 10.4. The first-order valence-electron chi connectivity index (χ1n) is 4.39. The molecule has 14 heavy (non-hydrogen) atoms. The number of nitrogens with zero attached hydrogens (tertiary/aromatic N) is 3. The van der Waals surface area contributed by atoms with Gasteiger partial charge in [-0.05, 0) is 6.92 Å². The van der Waals surface area contributed by atoms with E-state index in [-0.39, 0.29) is 12.0 Å². The van der Waals surface area contributed by atoms with E-state index in [1.165, 1.54) is 7.11 Å². The van der Waals surface area contributed by atoms with Gasteiger partial charge < -0.3 is 10.1 Å². The molecule has 1 aromatic rings. The van der Waals surface area contributed by atoms with Crippen molar-refractivity contribution in [3.8, 4) is 0 Å². The summed E-state index contributed by atoms with van der Waals surface area (Å²) < 4.78 is 6.26.